The number of anilines is 1. The van der Waals surface area contributed by atoms with E-state index in [4.69, 9.17) is 0 Å². The molecule has 0 saturated carbocycles. The quantitative estimate of drug-likeness (QED) is 0.383. The van der Waals surface area contributed by atoms with Gasteiger partial charge in [-0.2, -0.15) is 10.2 Å². The van der Waals surface area contributed by atoms with E-state index in [1.165, 1.54) is 23.9 Å². The number of nitrogens with one attached hydrogen (secondary N) is 1. The van der Waals surface area contributed by atoms with Crippen LogP contribution < -0.4 is 5.32 Å². The van der Waals surface area contributed by atoms with Crippen molar-refractivity contribution in [2.75, 3.05) is 11.1 Å². The molecule has 0 aromatic heterocycles. The van der Waals surface area contributed by atoms with E-state index in [2.05, 4.69) is 15.5 Å². The molecule has 1 amide bonds. The van der Waals surface area contributed by atoms with Crippen LogP contribution >= 0.6 is 11.8 Å². The van der Waals surface area contributed by atoms with Crippen LogP contribution in [0.25, 0.3) is 0 Å². The van der Waals surface area contributed by atoms with E-state index in [0.717, 1.165) is 10.6 Å². The van der Waals surface area contributed by atoms with Crippen LogP contribution in [0, 0.1) is 5.82 Å². The second-order valence-corrected chi connectivity index (χ2v) is 6.85. The molecule has 0 aliphatic heterocycles. The summed E-state index contributed by atoms with van der Waals surface area (Å²) in [6, 6.07) is 22.9. The molecule has 0 unspecified atom stereocenters. The van der Waals surface area contributed by atoms with E-state index in [9.17, 15) is 9.18 Å². The minimum Gasteiger partial charge on any atom is -0.326 e. The highest BCUT2D eigenvalue weighted by Crippen LogP contribution is 2.21. The molecule has 0 heterocycles. The SMILES string of the molecule is O=C(CCSc1ccc(F)cc1)Nc1ccc(N=Nc2ccccc2)cc1. The summed E-state index contributed by atoms with van der Waals surface area (Å²) in [4.78, 5) is 13.0. The summed E-state index contributed by atoms with van der Waals surface area (Å²) in [5.74, 6) is 0.299. The van der Waals surface area contributed by atoms with Crippen molar-refractivity contribution in [3.05, 3.63) is 84.7 Å². The molecule has 0 radical (unpaired) electrons. The van der Waals surface area contributed by atoms with Crippen molar-refractivity contribution in [3.63, 3.8) is 0 Å². The third kappa shape index (κ3) is 6.34. The normalized spacial score (nSPS) is 10.9. The van der Waals surface area contributed by atoms with Crippen LogP contribution in [-0.2, 0) is 4.79 Å². The van der Waals surface area contributed by atoms with Gasteiger partial charge in [0.25, 0.3) is 0 Å². The molecule has 0 bridgehead atoms. The number of thioether (sulfide) groups is 1. The number of hydrogen-bond donors (Lipinski definition) is 1. The average Bonchev–Trinajstić information content (AvgIpc) is 2.70. The van der Waals surface area contributed by atoms with E-state index in [1.54, 1.807) is 36.4 Å². The zero-order valence-electron chi connectivity index (χ0n) is 14.5. The van der Waals surface area contributed by atoms with Crippen LogP contribution in [0.2, 0.25) is 0 Å². The van der Waals surface area contributed by atoms with Crippen molar-refractivity contribution in [1.29, 1.82) is 0 Å². The van der Waals surface area contributed by atoms with Crippen LogP contribution in [0.15, 0.2) is 94.0 Å². The highest BCUT2D eigenvalue weighted by Gasteiger charge is 2.03. The Morgan fingerprint density at radius 3 is 2.15 bits per heavy atom. The summed E-state index contributed by atoms with van der Waals surface area (Å²) in [6.07, 6.45) is 0.373. The lowest BCUT2D eigenvalue weighted by atomic mass is 10.3. The molecule has 4 nitrogen and oxygen atoms in total. The fourth-order valence-corrected chi connectivity index (χ4v) is 3.09. The highest BCUT2D eigenvalue weighted by atomic mass is 32.2. The van der Waals surface area contributed by atoms with Gasteiger partial charge in [0.2, 0.25) is 5.91 Å². The van der Waals surface area contributed by atoms with Gasteiger partial charge in [0.05, 0.1) is 11.4 Å². The van der Waals surface area contributed by atoms with Gasteiger partial charge in [-0.15, -0.1) is 11.8 Å². The number of carbonyl (C=O) groups excluding carboxylic acids is 1. The van der Waals surface area contributed by atoms with Crippen LogP contribution in [0.1, 0.15) is 6.42 Å². The van der Waals surface area contributed by atoms with Gasteiger partial charge in [0.1, 0.15) is 5.82 Å². The maximum absolute atomic E-state index is 12.9. The first kappa shape index (κ1) is 18.8. The molecular formula is C21H18FN3OS. The lowest BCUT2D eigenvalue weighted by Crippen LogP contribution is -2.11. The number of hydrogen-bond acceptors (Lipinski definition) is 4. The fourth-order valence-electron chi connectivity index (χ4n) is 2.24. The average molecular weight is 379 g/mol. The summed E-state index contributed by atoms with van der Waals surface area (Å²) in [5, 5.41) is 11.2. The van der Waals surface area contributed by atoms with E-state index in [-0.39, 0.29) is 11.7 Å². The molecular weight excluding hydrogens is 361 g/mol. The Hall–Kier alpha value is -2.99. The molecule has 0 atom stereocenters. The highest BCUT2D eigenvalue weighted by molar-refractivity contribution is 7.99. The Balaban J connectivity index is 1.45. The zero-order valence-corrected chi connectivity index (χ0v) is 15.3. The maximum Gasteiger partial charge on any atom is 0.225 e. The number of nitrogens with zero attached hydrogens (tertiary/aromatic N) is 2. The van der Waals surface area contributed by atoms with Gasteiger partial charge in [-0.1, -0.05) is 18.2 Å². The predicted molar refractivity (Wildman–Crippen MR) is 107 cm³/mol. The molecule has 0 saturated heterocycles. The van der Waals surface area contributed by atoms with Gasteiger partial charge in [-0.05, 0) is 60.7 Å². The molecule has 0 fully saturated rings. The molecule has 3 aromatic rings. The summed E-state index contributed by atoms with van der Waals surface area (Å²) in [7, 11) is 0. The summed E-state index contributed by atoms with van der Waals surface area (Å²) in [5.41, 5.74) is 2.21. The minimum absolute atomic E-state index is 0.0664. The third-order valence-electron chi connectivity index (χ3n) is 3.60. The van der Waals surface area contributed by atoms with Crippen molar-refractivity contribution >= 4 is 34.7 Å². The lowest BCUT2D eigenvalue weighted by Gasteiger charge is -2.05. The topological polar surface area (TPSA) is 53.8 Å². The van der Waals surface area contributed by atoms with Crippen LogP contribution in [0.5, 0.6) is 0 Å². The number of benzene rings is 3. The summed E-state index contributed by atoms with van der Waals surface area (Å²) >= 11 is 1.52. The maximum atomic E-state index is 12.9. The number of rotatable bonds is 7. The number of amides is 1. The van der Waals surface area contributed by atoms with Crippen molar-refractivity contribution < 1.29 is 9.18 Å². The first-order valence-electron chi connectivity index (χ1n) is 8.44. The fraction of sp³-hybridized carbons (Fsp3) is 0.0952. The molecule has 3 rings (SSSR count). The van der Waals surface area contributed by atoms with Crippen molar-refractivity contribution in [2.24, 2.45) is 10.2 Å². The van der Waals surface area contributed by atoms with Gasteiger partial charge in [0, 0.05) is 22.8 Å². The number of azo groups is 1. The Morgan fingerprint density at radius 2 is 1.48 bits per heavy atom. The molecule has 27 heavy (non-hydrogen) atoms. The Morgan fingerprint density at radius 1 is 0.852 bits per heavy atom. The first-order valence-corrected chi connectivity index (χ1v) is 9.43. The van der Waals surface area contributed by atoms with Crippen LogP contribution in [0.4, 0.5) is 21.5 Å². The van der Waals surface area contributed by atoms with Crippen molar-refractivity contribution in [1.82, 2.24) is 0 Å². The monoisotopic (exact) mass is 379 g/mol. The molecule has 136 valence electrons. The standard InChI is InChI=1S/C21H18FN3OS/c22-16-6-12-20(13-7-16)27-15-14-21(26)23-17-8-10-19(11-9-17)25-24-18-4-2-1-3-5-18/h1-13H,14-15H2,(H,23,26). The van der Waals surface area contributed by atoms with Gasteiger partial charge >= 0.3 is 0 Å². The van der Waals surface area contributed by atoms with E-state index < -0.39 is 0 Å². The predicted octanol–water partition coefficient (Wildman–Crippen LogP) is 6.36. The van der Waals surface area contributed by atoms with E-state index >= 15 is 0 Å². The summed E-state index contributed by atoms with van der Waals surface area (Å²) < 4.78 is 12.9. The Kier molecular flexibility index (Phi) is 6.71. The van der Waals surface area contributed by atoms with E-state index in [0.29, 0.717) is 23.5 Å². The van der Waals surface area contributed by atoms with Crippen LogP contribution in [-0.4, -0.2) is 11.7 Å². The number of carbonyl (C=O) groups is 1. The van der Waals surface area contributed by atoms with Gasteiger partial charge < -0.3 is 5.32 Å². The third-order valence-corrected chi connectivity index (χ3v) is 4.61. The number of halogens is 1. The van der Waals surface area contributed by atoms with Gasteiger partial charge in [-0.3, -0.25) is 4.79 Å². The van der Waals surface area contributed by atoms with Gasteiger partial charge in [0.15, 0.2) is 0 Å². The van der Waals surface area contributed by atoms with E-state index in [1.807, 2.05) is 30.3 Å². The molecule has 1 N–H and O–H groups in total. The molecule has 0 spiro atoms. The molecule has 0 aliphatic carbocycles. The molecule has 0 aliphatic rings. The van der Waals surface area contributed by atoms with Crippen molar-refractivity contribution in [3.8, 4) is 0 Å². The molecule has 3 aromatic carbocycles. The Bertz CT molecular complexity index is 897. The zero-order chi connectivity index (χ0) is 18.9. The molecule has 6 heteroatoms. The van der Waals surface area contributed by atoms with Crippen LogP contribution in [0.3, 0.4) is 0 Å². The second kappa shape index (κ2) is 9.64. The second-order valence-electron chi connectivity index (χ2n) is 5.68. The minimum atomic E-state index is -0.260. The van der Waals surface area contributed by atoms with Crippen molar-refractivity contribution in [2.45, 2.75) is 11.3 Å². The Labute approximate surface area is 161 Å². The van der Waals surface area contributed by atoms with Gasteiger partial charge in [-0.25, -0.2) is 4.39 Å². The lowest BCUT2D eigenvalue weighted by molar-refractivity contribution is -0.115. The summed E-state index contributed by atoms with van der Waals surface area (Å²) in [6.45, 7) is 0. The first-order chi connectivity index (χ1) is 13.2. The largest absolute Gasteiger partial charge is 0.326 e. The smallest absolute Gasteiger partial charge is 0.225 e.